The normalized spacial score (nSPS) is 17.5. The molecule has 2 aromatic carbocycles. The number of thioether (sulfide) groups is 1. The highest BCUT2D eigenvalue weighted by Crippen LogP contribution is 2.42. The van der Waals surface area contributed by atoms with E-state index in [1.54, 1.807) is 18.2 Å². The van der Waals surface area contributed by atoms with Gasteiger partial charge in [-0.1, -0.05) is 12.1 Å². The molecular formula is C18H15F3N2O2S. The fraction of sp³-hybridized carbons (Fsp3) is 0.222. The second-order valence-corrected chi connectivity index (χ2v) is 6.85. The first-order valence-electron chi connectivity index (χ1n) is 7.74. The molecule has 0 spiro atoms. The lowest BCUT2D eigenvalue weighted by Gasteiger charge is -2.25. The Morgan fingerprint density at radius 2 is 1.88 bits per heavy atom. The SMILES string of the molecule is CC(=O)Nc1cccc([C@@H]2SCC(=O)N2c2ccc(C(F)(F)F)cc2)c1. The summed E-state index contributed by atoms with van der Waals surface area (Å²) < 4.78 is 38.2. The Kier molecular flexibility index (Phi) is 4.95. The van der Waals surface area contributed by atoms with E-state index in [1.165, 1.54) is 35.7 Å². The summed E-state index contributed by atoms with van der Waals surface area (Å²) >= 11 is 1.39. The minimum Gasteiger partial charge on any atom is -0.326 e. The van der Waals surface area contributed by atoms with Gasteiger partial charge in [0.25, 0.3) is 0 Å². The third-order valence-corrected chi connectivity index (χ3v) is 5.05. The van der Waals surface area contributed by atoms with E-state index in [2.05, 4.69) is 5.32 Å². The van der Waals surface area contributed by atoms with Crippen LogP contribution >= 0.6 is 11.8 Å². The fourth-order valence-electron chi connectivity index (χ4n) is 2.73. The van der Waals surface area contributed by atoms with Crippen LogP contribution in [0.2, 0.25) is 0 Å². The van der Waals surface area contributed by atoms with Crippen LogP contribution in [0.25, 0.3) is 0 Å². The summed E-state index contributed by atoms with van der Waals surface area (Å²) in [7, 11) is 0. The first kappa shape index (κ1) is 18.3. The van der Waals surface area contributed by atoms with E-state index in [1.807, 2.05) is 6.07 Å². The van der Waals surface area contributed by atoms with Gasteiger partial charge < -0.3 is 5.32 Å². The Hall–Kier alpha value is -2.48. The molecule has 3 rings (SSSR count). The van der Waals surface area contributed by atoms with Crippen molar-refractivity contribution in [3.63, 3.8) is 0 Å². The van der Waals surface area contributed by atoms with E-state index < -0.39 is 11.7 Å². The van der Waals surface area contributed by atoms with Crippen LogP contribution in [0.1, 0.15) is 23.4 Å². The number of nitrogens with one attached hydrogen (secondary N) is 1. The highest BCUT2D eigenvalue weighted by molar-refractivity contribution is 8.00. The van der Waals surface area contributed by atoms with Crippen LogP contribution in [0, 0.1) is 0 Å². The van der Waals surface area contributed by atoms with Crippen LogP contribution in [-0.2, 0) is 15.8 Å². The molecule has 2 amide bonds. The van der Waals surface area contributed by atoms with E-state index in [4.69, 9.17) is 0 Å². The minimum absolute atomic E-state index is 0.176. The average molecular weight is 380 g/mol. The molecule has 1 heterocycles. The quantitative estimate of drug-likeness (QED) is 0.856. The zero-order valence-electron chi connectivity index (χ0n) is 13.7. The maximum absolute atomic E-state index is 12.7. The number of halogens is 3. The molecule has 136 valence electrons. The number of carbonyl (C=O) groups is 2. The molecule has 1 N–H and O–H groups in total. The van der Waals surface area contributed by atoms with Gasteiger partial charge in [0.05, 0.1) is 11.3 Å². The predicted octanol–water partition coefficient (Wildman–Crippen LogP) is 4.44. The molecule has 0 aromatic heterocycles. The third-order valence-electron chi connectivity index (χ3n) is 3.83. The van der Waals surface area contributed by atoms with Crippen LogP contribution in [0.3, 0.4) is 0 Å². The second-order valence-electron chi connectivity index (χ2n) is 5.78. The standard InChI is InChI=1S/C18H15F3N2O2S/c1-11(24)22-14-4-2-3-12(9-14)17-23(16(25)10-26-17)15-7-5-13(6-8-15)18(19,20)21/h2-9,17H,10H2,1H3,(H,22,24)/t17-/m0/s1. The molecule has 1 aliphatic heterocycles. The molecule has 1 atom stereocenters. The molecule has 0 aliphatic carbocycles. The lowest BCUT2D eigenvalue weighted by atomic mass is 10.1. The fourth-order valence-corrected chi connectivity index (χ4v) is 3.90. The second kappa shape index (κ2) is 7.03. The molecule has 0 saturated carbocycles. The van der Waals surface area contributed by atoms with Crippen LogP contribution < -0.4 is 10.2 Å². The van der Waals surface area contributed by atoms with Crippen molar-refractivity contribution < 1.29 is 22.8 Å². The van der Waals surface area contributed by atoms with Crippen LogP contribution in [0.5, 0.6) is 0 Å². The number of rotatable bonds is 3. The molecule has 0 unspecified atom stereocenters. The van der Waals surface area contributed by atoms with Crippen molar-refractivity contribution in [2.75, 3.05) is 16.0 Å². The molecule has 4 nitrogen and oxygen atoms in total. The summed E-state index contributed by atoms with van der Waals surface area (Å²) in [4.78, 5) is 25.0. The Bertz CT molecular complexity index is 837. The smallest absolute Gasteiger partial charge is 0.326 e. The van der Waals surface area contributed by atoms with Crippen LogP contribution in [0.15, 0.2) is 48.5 Å². The van der Waals surface area contributed by atoms with Gasteiger partial charge in [-0.05, 0) is 42.0 Å². The molecule has 1 fully saturated rings. The highest BCUT2D eigenvalue weighted by atomic mass is 32.2. The van der Waals surface area contributed by atoms with Gasteiger partial charge in [-0.2, -0.15) is 13.2 Å². The van der Waals surface area contributed by atoms with E-state index in [-0.39, 0.29) is 22.9 Å². The summed E-state index contributed by atoms with van der Waals surface area (Å²) in [5.74, 6) is -0.155. The van der Waals surface area contributed by atoms with Crippen molar-refractivity contribution in [1.82, 2.24) is 0 Å². The van der Waals surface area contributed by atoms with Gasteiger partial charge in [0, 0.05) is 18.3 Å². The van der Waals surface area contributed by atoms with Crippen molar-refractivity contribution in [1.29, 1.82) is 0 Å². The Balaban J connectivity index is 1.91. The Labute approximate surface area is 152 Å². The maximum Gasteiger partial charge on any atom is 0.416 e. The van der Waals surface area contributed by atoms with E-state index in [0.717, 1.165) is 17.7 Å². The Morgan fingerprint density at radius 1 is 1.19 bits per heavy atom. The number of hydrogen-bond acceptors (Lipinski definition) is 3. The largest absolute Gasteiger partial charge is 0.416 e. The molecule has 8 heteroatoms. The number of anilines is 2. The minimum atomic E-state index is -4.42. The summed E-state index contributed by atoms with van der Waals surface area (Å²) in [6, 6.07) is 11.6. The van der Waals surface area contributed by atoms with Gasteiger partial charge in [-0.25, -0.2) is 0 Å². The number of nitrogens with zero attached hydrogens (tertiary/aromatic N) is 1. The summed E-state index contributed by atoms with van der Waals surface area (Å²) in [5.41, 5.74) is 1.03. The van der Waals surface area contributed by atoms with E-state index in [9.17, 15) is 22.8 Å². The van der Waals surface area contributed by atoms with Crippen molar-refractivity contribution in [2.24, 2.45) is 0 Å². The number of amides is 2. The monoisotopic (exact) mass is 380 g/mol. The number of alkyl halides is 3. The molecule has 26 heavy (non-hydrogen) atoms. The molecule has 1 aliphatic rings. The van der Waals surface area contributed by atoms with Gasteiger partial charge in [-0.15, -0.1) is 11.8 Å². The van der Waals surface area contributed by atoms with Gasteiger partial charge in [0.2, 0.25) is 11.8 Å². The zero-order chi connectivity index (χ0) is 18.9. The van der Waals surface area contributed by atoms with E-state index in [0.29, 0.717) is 11.4 Å². The molecule has 0 radical (unpaired) electrons. The lowest BCUT2D eigenvalue weighted by molar-refractivity contribution is -0.137. The van der Waals surface area contributed by atoms with E-state index >= 15 is 0 Å². The molecule has 2 aromatic rings. The first-order chi connectivity index (χ1) is 12.3. The number of carbonyl (C=O) groups excluding carboxylic acids is 2. The zero-order valence-corrected chi connectivity index (χ0v) is 14.5. The van der Waals surface area contributed by atoms with Crippen LogP contribution in [0.4, 0.5) is 24.5 Å². The van der Waals surface area contributed by atoms with Crippen molar-refractivity contribution in [3.8, 4) is 0 Å². The average Bonchev–Trinajstić information content (AvgIpc) is 2.95. The molecule has 1 saturated heterocycles. The first-order valence-corrected chi connectivity index (χ1v) is 8.79. The summed E-state index contributed by atoms with van der Waals surface area (Å²) in [6.07, 6.45) is -4.42. The summed E-state index contributed by atoms with van der Waals surface area (Å²) in [5, 5.41) is 2.31. The maximum atomic E-state index is 12.7. The van der Waals surface area contributed by atoms with Crippen molar-refractivity contribution in [2.45, 2.75) is 18.5 Å². The predicted molar refractivity (Wildman–Crippen MR) is 94.9 cm³/mol. The number of hydrogen-bond donors (Lipinski definition) is 1. The van der Waals surface area contributed by atoms with Gasteiger partial charge in [0.1, 0.15) is 5.37 Å². The van der Waals surface area contributed by atoms with Gasteiger partial charge in [-0.3, -0.25) is 14.5 Å². The van der Waals surface area contributed by atoms with Crippen molar-refractivity contribution in [3.05, 3.63) is 59.7 Å². The molecular weight excluding hydrogens is 365 g/mol. The molecule has 0 bridgehead atoms. The van der Waals surface area contributed by atoms with Crippen LogP contribution in [-0.4, -0.2) is 17.6 Å². The lowest BCUT2D eigenvalue weighted by Crippen LogP contribution is -2.28. The Morgan fingerprint density at radius 3 is 2.50 bits per heavy atom. The highest BCUT2D eigenvalue weighted by Gasteiger charge is 2.35. The third kappa shape index (κ3) is 3.85. The number of benzene rings is 2. The summed E-state index contributed by atoms with van der Waals surface area (Å²) in [6.45, 7) is 1.40. The van der Waals surface area contributed by atoms with Crippen molar-refractivity contribution >= 4 is 35.0 Å². The van der Waals surface area contributed by atoms with Gasteiger partial charge >= 0.3 is 6.18 Å². The van der Waals surface area contributed by atoms with Gasteiger partial charge in [0.15, 0.2) is 0 Å². The topological polar surface area (TPSA) is 49.4 Å².